The van der Waals surface area contributed by atoms with Gasteiger partial charge in [-0.2, -0.15) is 11.8 Å². The van der Waals surface area contributed by atoms with Crippen molar-refractivity contribution >= 4 is 17.7 Å². The molecule has 0 fully saturated rings. The molecule has 0 bridgehead atoms. The Morgan fingerprint density at radius 1 is 1.25 bits per heavy atom. The van der Waals surface area contributed by atoms with Crippen LogP contribution in [0.4, 0.5) is 0 Å². The summed E-state index contributed by atoms with van der Waals surface area (Å²) in [5.74, 6) is -0.763. The van der Waals surface area contributed by atoms with Gasteiger partial charge in [0.05, 0.1) is 5.60 Å². The Morgan fingerprint density at radius 3 is 2.25 bits per heavy atom. The van der Waals surface area contributed by atoms with Crippen LogP contribution in [0.2, 0.25) is 0 Å². The average molecular weight is 248 g/mol. The molecule has 0 saturated heterocycles. The van der Waals surface area contributed by atoms with Crippen molar-refractivity contribution in [1.82, 2.24) is 0 Å². The lowest BCUT2D eigenvalue weighted by molar-refractivity contribution is -0.138. The van der Waals surface area contributed by atoms with Crippen LogP contribution in [-0.2, 0) is 9.53 Å². The second-order valence-corrected chi connectivity index (χ2v) is 6.73. The van der Waals surface area contributed by atoms with Crippen LogP contribution in [-0.4, -0.2) is 34.3 Å². The van der Waals surface area contributed by atoms with Crippen molar-refractivity contribution in [3.63, 3.8) is 0 Å². The van der Waals surface area contributed by atoms with Crippen LogP contribution in [0.3, 0.4) is 0 Å². The number of thioether (sulfide) groups is 1. The Balaban J connectivity index is 3.86. The van der Waals surface area contributed by atoms with Gasteiger partial charge in [-0.1, -0.05) is 13.8 Å². The minimum Gasteiger partial charge on any atom is -0.481 e. The zero-order valence-corrected chi connectivity index (χ0v) is 11.8. The molecule has 0 atom stereocenters. The molecule has 3 nitrogen and oxygen atoms in total. The summed E-state index contributed by atoms with van der Waals surface area (Å²) in [5, 5.41) is 8.61. The zero-order chi connectivity index (χ0) is 12.8. The Kier molecular flexibility index (Phi) is 6.41. The quantitative estimate of drug-likeness (QED) is 0.716. The van der Waals surface area contributed by atoms with Gasteiger partial charge in [-0.05, 0) is 32.9 Å². The van der Waals surface area contributed by atoms with Crippen molar-refractivity contribution < 1.29 is 14.6 Å². The molecule has 0 saturated carbocycles. The summed E-state index contributed by atoms with van der Waals surface area (Å²) < 4.78 is 5.97. The predicted molar refractivity (Wildman–Crippen MR) is 69.1 cm³/mol. The normalized spacial score (nSPS) is 12.8. The summed E-state index contributed by atoms with van der Waals surface area (Å²) in [6.07, 6.45) is 3.79. The molecule has 0 spiro atoms. The van der Waals surface area contributed by atoms with Gasteiger partial charge in [0.15, 0.2) is 0 Å². The van der Waals surface area contributed by atoms with Crippen molar-refractivity contribution in [3.05, 3.63) is 0 Å². The number of carbonyl (C=O) groups is 1. The molecule has 0 aliphatic carbocycles. The van der Waals surface area contributed by atoms with E-state index in [2.05, 4.69) is 20.1 Å². The smallest absolute Gasteiger partial charge is 0.303 e. The Hall–Kier alpha value is -0.220. The first-order chi connectivity index (χ1) is 7.18. The van der Waals surface area contributed by atoms with Crippen molar-refractivity contribution in [2.45, 2.75) is 57.3 Å². The number of ether oxygens (including phenoxy) is 1. The molecule has 0 aromatic carbocycles. The van der Waals surface area contributed by atoms with Crippen molar-refractivity contribution in [2.24, 2.45) is 0 Å². The highest BCUT2D eigenvalue weighted by atomic mass is 32.2. The van der Waals surface area contributed by atoms with Crippen LogP contribution < -0.4 is 0 Å². The maximum atomic E-state index is 10.5. The van der Waals surface area contributed by atoms with Crippen LogP contribution in [0.15, 0.2) is 0 Å². The topological polar surface area (TPSA) is 46.5 Å². The first-order valence-corrected chi connectivity index (χ1v) is 6.82. The Labute approximate surface area is 103 Å². The first-order valence-electron chi connectivity index (χ1n) is 5.59. The van der Waals surface area contributed by atoms with Gasteiger partial charge in [-0.3, -0.25) is 4.79 Å². The fourth-order valence-electron chi connectivity index (χ4n) is 1.16. The Morgan fingerprint density at radius 2 is 1.81 bits per heavy atom. The third-order valence-corrected chi connectivity index (χ3v) is 4.00. The second-order valence-electron chi connectivity index (χ2n) is 5.22. The van der Waals surface area contributed by atoms with E-state index in [4.69, 9.17) is 9.84 Å². The number of hydrogen-bond donors (Lipinski definition) is 1. The lowest BCUT2D eigenvalue weighted by Gasteiger charge is -2.28. The van der Waals surface area contributed by atoms with Crippen molar-refractivity contribution in [2.75, 3.05) is 12.9 Å². The Bertz CT molecular complexity index is 224. The van der Waals surface area contributed by atoms with Gasteiger partial charge >= 0.3 is 5.97 Å². The van der Waals surface area contributed by atoms with Crippen molar-refractivity contribution in [1.29, 1.82) is 0 Å². The maximum absolute atomic E-state index is 10.5. The molecule has 0 aliphatic heterocycles. The fraction of sp³-hybridized carbons (Fsp3) is 0.917. The summed E-state index contributed by atoms with van der Waals surface area (Å²) in [7, 11) is 0. The van der Waals surface area contributed by atoms with Crippen LogP contribution in [0.5, 0.6) is 0 Å². The highest BCUT2D eigenvalue weighted by Gasteiger charge is 2.22. The SMILES string of the molecule is CSC(C)(C)CCOC(C)(C)CCC(=O)O. The van der Waals surface area contributed by atoms with Crippen LogP contribution in [0.25, 0.3) is 0 Å². The maximum Gasteiger partial charge on any atom is 0.303 e. The molecular weight excluding hydrogens is 224 g/mol. The van der Waals surface area contributed by atoms with E-state index < -0.39 is 5.97 Å². The average Bonchev–Trinajstić information content (AvgIpc) is 2.14. The highest BCUT2D eigenvalue weighted by molar-refractivity contribution is 7.99. The van der Waals surface area contributed by atoms with Crippen LogP contribution >= 0.6 is 11.8 Å². The standard InChI is InChI=1S/C12H24O3S/c1-11(2,7-6-10(13)14)15-9-8-12(3,4)16-5/h6-9H2,1-5H3,(H,13,14). The molecule has 0 aromatic heterocycles. The van der Waals surface area contributed by atoms with Crippen LogP contribution in [0.1, 0.15) is 47.0 Å². The molecule has 1 N–H and O–H groups in total. The monoisotopic (exact) mass is 248 g/mol. The summed E-state index contributed by atoms with van der Waals surface area (Å²) in [5.41, 5.74) is -0.340. The van der Waals surface area contributed by atoms with Crippen LogP contribution in [0, 0.1) is 0 Å². The molecule has 16 heavy (non-hydrogen) atoms. The molecule has 0 unspecified atom stereocenters. The van der Waals surface area contributed by atoms with Gasteiger partial charge in [0, 0.05) is 17.8 Å². The van der Waals surface area contributed by atoms with E-state index in [0.29, 0.717) is 13.0 Å². The predicted octanol–water partition coefficient (Wildman–Crippen LogP) is 3.18. The van der Waals surface area contributed by atoms with E-state index in [1.165, 1.54) is 0 Å². The number of aliphatic carboxylic acids is 1. The lowest BCUT2D eigenvalue weighted by atomic mass is 10.0. The van der Waals surface area contributed by atoms with E-state index in [0.717, 1.165) is 6.42 Å². The molecule has 0 amide bonds. The summed E-state index contributed by atoms with van der Waals surface area (Å²) in [6, 6.07) is 0. The third-order valence-electron chi connectivity index (χ3n) is 2.69. The van der Waals surface area contributed by atoms with Gasteiger partial charge in [0.2, 0.25) is 0 Å². The fourth-order valence-corrected chi connectivity index (χ4v) is 1.44. The molecule has 0 rings (SSSR count). The van der Waals surface area contributed by atoms with E-state index in [-0.39, 0.29) is 16.8 Å². The second kappa shape index (κ2) is 6.50. The zero-order valence-electron chi connectivity index (χ0n) is 11.0. The molecule has 96 valence electrons. The van der Waals surface area contributed by atoms with E-state index in [1.807, 2.05) is 25.6 Å². The van der Waals surface area contributed by atoms with E-state index in [9.17, 15) is 4.79 Å². The van der Waals surface area contributed by atoms with E-state index >= 15 is 0 Å². The number of hydrogen-bond acceptors (Lipinski definition) is 3. The highest BCUT2D eigenvalue weighted by Crippen LogP contribution is 2.26. The third kappa shape index (κ3) is 7.99. The molecule has 0 heterocycles. The molecule has 4 heteroatoms. The summed E-state index contributed by atoms with van der Waals surface area (Å²) in [4.78, 5) is 10.5. The van der Waals surface area contributed by atoms with Gasteiger partial charge in [0.1, 0.15) is 0 Å². The number of carboxylic acids is 1. The number of carboxylic acid groups (broad SMARTS) is 1. The van der Waals surface area contributed by atoms with Gasteiger partial charge in [-0.25, -0.2) is 0 Å². The molecule has 0 aromatic rings. The lowest BCUT2D eigenvalue weighted by Crippen LogP contribution is -2.28. The molecular formula is C12H24O3S. The first kappa shape index (κ1) is 15.8. The van der Waals surface area contributed by atoms with Crippen molar-refractivity contribution in [3.8, 4) is 0 Å². The molecule has 0 radical (unpaired) electrons. The summed E-state index contributed by atoms with van der Waals surface area (Å²) in [6.45, 7) is 8.95. The van der Waals surface area contributed by atoms with Gasteiger partial charge < -0.3 is 9.84 Å². The largest absolute Gasteiger partial charge is 0.481 e. The summed E-state index contributed by atoms with van der Waals surface area (Å²) >= 11 is 1.82. The van der Waals surface area contributed by atoms with Gasteiger partial charge in [-0.15, -0.1) is 0 Å². The van der Waals surface area contributed by atoms with E-state index in [1.54, 1.807) is 0 Å². The molecule has 0 aliphatic rings. The minimum atomic E-state index is -0.763. The minimum absolute atomic E-state index is 0.166. The van der Waals surface area contributed by atoms with Gasteiger partial charge in [0.25, 0.3) is 0 Å². The number of rotatable bonds is 8.